The Kier molecular flexibility index (Phi) is 2.99. The largest absolute Gasteiger partial charge is 0.101 e. The summed E-state index contributed by atoms with van der Waals surface area (Å²) in [6, 6.07) is 8.97. The summed E-state index contributed by atoms with van der Waals surface area (Å²) >= 11 is 0. The van der Waals surface area contributed by atoms with Crippen LogP contribution in [0.3, 0.4) is 0 Å². The van der Waals surface area contributed by atoms with Crippen molar-refractivity contribution in [3.05, 3.63) is 65.3 Å². The summed E-state index contributed by atoms with van der Waals surface area (Å²) in [5, 5.41) is 0. The van der Waals surface area contributed by atoms with Crippen molar-refractivity contribution in [3.63, 3.8) is 0 Å². The highest BCUT2D eigenvalue weighted by Gasteiger charge is 2.32. The van der Waals surface area contributed by atoms with E-state index >= 15 is 0 Å². The summed E-state index contributed by atoms with van der Waals surface area (Å²) in [4.78, 5) is 0. The van der Waals surface area contributed by atoms with Gasteiger partial charge in [0.15, 0.2) is 0 Å². The number of hydrogen-bond donors (Lipinski definition) is 0. The highest BCUT2D eigenvalue weighted by Crippen LogP contribution is 2.58. The van der Waals surface area contributed by atoms with Crippen LogP contribution >= 0.6 is 7.92 Å². The smallest absolute Gasteiger partial charge is 0.0254 e. The van der Waals surface area contributed by atoms with Crippen molar-refractivity contribution in [1.82, 2.24) is 0 Å². The molecule has 0 fully saturated rings. The number of hydrogen-bond acceptors (Lipinski definition) is 0. The van der Waals surface area contributed by atoms with Crippen molar-refractivity contribution in [3.8, 4) is 0 Å². The molecule has 0 saturated heterocycles. The lowest BCUT2D eigenvalue weighted by atomic mass is 9.93. The van der Waals surface area contributed by atoms with Crippen molar-refractivity contribution in [2.24, 2.45) is 5.92 Å². The topological polar surface area (TPSA) is 0 Å². The molecule has 0 N–H and O–H groups in total. The summed E-state index contributed by atoms with van der Waals surface area (Å²) in [5.41, 5.74) is 6.84. The molecule has 0 aromatic heterocycles. The third-order valence-electron chi connectivity index (χ3n) is 3.98. The molecule has 0 nitrogen and oxygen atoms in total. The molecule has 0 aliphatic heterocycles. The predicted molar refractivity (Wildman–Crippen MR) is 82.3 cm³/mol. The summed E-state index contributed by atoms with van der Waals surface area (Å²) in [6.45, 7) is 7.12. The van der Waals surface area contributed by atoms with Crippen molar-refractivity contribution in [2.75, 3.05) is 13.3 Å². The number of fused-ring (bicyclic) bond motifs is 1. The molecule has 3 rings (SSSR count). The molecule has 0 radical (unpaired) electrons. The summed E-state index contributed by atoms with van der Waals surface area (Å²) in [7, 11) is 0.0254. The lowest BCUT2D eigenvalue weighted by molar-refractivity contribution is 1.08. The molecule has 2 aliphatic rings. The van der Waals surface area contributed by atoms with Gasteiger partial charge in [0.2, 0.25) is 0 Å². The maximum atomic E-state index is 2.39. The van der Waals surface area contributed by atoms with E-state index in [9.17, 15) is 0 Å². The van der Waals surface area contributed by atoms with Crippen LogP contribution in [0, 0.1) is 5.92 Å². The van der Waals surface area contributed by atoms with E-state index in [-0.39, 0.29) is 7.92 Å². The van der Waals surface area contributed by atoms with Crippen LogP contribution in [0.25, 0.3) is 5.57 Å². The maximum absolute atomic E-state index is 2.39. The fourth-order valence-electron chi connectivity index (χ4n) is 3.31. The van der Waals surface area contributed by atoms with Gasteiger partial charge in [0.1, 0.15) is 0 Å². The normalized spacial score (nSPS) is 22.3. The van der Waals surface area contributed by atoms with Crippen molar-refractivity contribution >= 4 is 13.5 Å². The molecular weight excluding hydrogens is 235 g/mol. The Morgan fingerprint density at radius 1 is 1.00 bits per heavy atom. The molecule has 1 heteroatoms. The van der Waals surface area contributed by atoms with Crippen LogP contribution in [-0.4, -0.2) is 13.3 Å². The minimum Gasteiger partial charge on any atom is -0.101 e. The first-order valence-corrected chi connectivity index (χ1v) is 8.82. The molecule has 92 valence electrons. The molecule has 0 spiro atoms. The maximum Gasteiger partial charge on any atom is 0.0254 e. The van der Waals surface area contributed by atoms with Gasteiger partial charge in [0.25, 0.3) is 0 Å². The van der Waals surface area contributed by atoms with Crippen LogP contribution in [0.2, 0.25) is 0 Å². The first kappa shape index (κ1) is 11.9. The number of allylic oxidation sites excluding steroid dienone is 6. The van der Waals surface area contributed by atoms with Crippen molar-refractivity contribution in [2.45, 2.75) is 12.6 Å². The van der Waals surface area contributed by atoms with E-state index in [1.807, 2.05) is 0 Å². The molecule has 0 bridgehead atoms. The highest BCUT2D eigenvalue weighted by atomic mass is 31.1. The predicted octanol–water partition coefficient (Wildman–Crippen LogP) is 5.00. The molecule has 1 atom stereocenters. The zero-order valence-electron chi connectivity index (χ0n) is 11.2. The van der Waals surface area contributed by atoms with Crippen LogP contribution < -0.4 is 0 Å². The summed E-state index contributed by atoms with van der Waals surface area (Å²) < 4.78 is 0. The van der Waals surface area contributed by atoms with E-state index in [1.54, 1.807) is 16.7 Å². The standard InChI is InChI=1S/C17H19P/c1-12-16(13-8-4-5-9-13)14-10-6-7-11-15(14)17(12)18(2)3/h4-11,13,17H,1-3H3. The Balaban J connectivity index is 2.16. The van der Waals surface area contributed by atoms with Gasteiger partial charge in [-0.05, 0) is 37.0 Å². The minimum atomic E-state index is 0.0254. The third-order valence-corrected chi connectivity index (χ3v) is 5.68. The molecule has 0 heterocycles. The van der Waals surface area contributed by atoms with E-state index in [2.05, 4.69) is 68.8 Å². The summed E-state index contributed by atoms with van der Waals surface area (Å²) in [6.07, 6.45) is 8.96. The van der Waals surface area contributed by atoms with Crippen molar-refractivity contribution in [1.29, 1.82) is 0 Å². The highest BCUT2D eigenvalue weighted by molar-refractivity contribution is 7.56. The first-order chi connectivity index (χ1) is 8.70. The second kappa shape index (κ2) is 4.52. The van der Waals surface area contributed by atoms with Gasteiger partial charge in [-0.25, -0.2) is 0 Å². The van der Waals surface area contributed by atoms with Gasteiger partial charge in [0.05, 0.1) is 0 Å². The van der Waals surface area contributed by atoms with E-state index in [0.29, 0.717) is 11.6 Å². The van der Waals surface area contributed by atoms with Crippen molar-refractivity contribution < 1.29 is 0 Å². The lowest BCUT2D eigenvalue weighted by Crippen LogP contribution is -1.95. The minimum absolute atomic E-state index is 0.0254. The van der Waals surface area contributed by atoms with Gasteiger partial charge in [-0.15, -0.1) is 7.92 Å². The third kappa shape index (κ3) is 1.71. The Morgan fingerprint density at radius 3 is 2.33 bits per heavy atom. The Hall–Kier alpha value is -1.13. The number of benzene rings is 1. The van der Waals surface area contributed by atoms with Crippen LogP contribution in [0.1, 0.15) is 23.7 Å². The second-order valence-electron chi connectivity index (χ2n) is 5.35. The van der Waals surface area contributed by atoms with Gasteiger partial charge < -0.3 is 0 Å². The molecule has 18 heavy (non-hydrogen) atoms. The van der Waals surface area contributed by atoms with E-state index in [0.717, 1.165) is 0 Å². The SMILES string of the molecule is CC1=C(C2C=CC=C2)c2ccccc2C1P(C)C. The zero-order chi connectivity index (χ0) is 12.7. The average Bonchev–Trinajstić information content (AvgIpc) is 2.92. The number of rotatable bonds is 2. The molecular formula is C17H19P. The van der Waals surface area contributed by atoms with Crippen LogP contribution in [0.4, 0.5) is 0 Å². The van der Waals surface area contributed by atoms with E-state index in [1.165, 1.54) is 5.56 Å². The van der Waals surface area contributed by atoms with Gasteiger partial charge >= 0.3 is 0 Å². The van der Waals surface area contributed by atoms with Crippen LogP contribution in [-0.2, 0) is 0 Å². The lowest BCUT2D eigenvalue weighted by Gasteiger charge is -2.19. The average molecular weight is 254 g/mol. The zero-order valence-corrected chi connectivity index (χ0v) is 12.1. The van der Waals surface area contributed by atoms with E-state index in [4.69, 9.17) is 0 Å². The quantitative estimate of drug-likeness (QED) is 0.651. The molecule has 1 unspecified atom stereocenters. The first-order valence-electron chi connectivity index (χ1n) is 6.51. The fraction of sp³-hybridized carbons (Fsp3) is 0.294. The summed E-state index contributed by atoms with van der Waals surface area (Å²) in [5.74, 6) is 0.492. The molecule has 2 aliphatic carbocycles. The Morgan fingerprint density at radius 2 is 1.67 bits per heavy atom. The molecule has 1 aromatic carbocycles. The van der Waals surface area contributed by atoms with Crippen LogP contribution in [0.15, 0.2) is 54.1 Å². The van der Waals surface area contributed by atoms with Gasteiger partial charge in [0, 0.05) is 11.6 Å². The van der Waals surface area contributed by atoms with Gasteiger partial charge in [-0.3, -0.25) is 0 Å². The molecule has 0 amide bonds. The van der Waals surface area contributed by atoms with E-state index < -0.39 is 0 Å². The molecule has 0 saturated carbocycles. The second-order valence-corrected chi connectivity index (χ2v) is 7.79. The van der Waals surface area contributed by atoms with Crippen LogP contribution in [0.5, 0.6) is 0 Å². The van der Waals surface area contributed by atoms with Gasteiger partial charge in [-0.1, -0.05) is 54.1 Å². The van der Waals surface area contributed by atoms with Gasteiger partial charge in [-0.2, -0.15) is 0 Å². The fourth-order valence-corrected chi connectivity index (χ4v) is 5.00. The Bertz CT molecular complexity index is 549. The monoisotopic (exact) mass is 254 g/mol. The molecule has 1 aromatic rings. The Labute approximate surface area is 111 Å².